The molecule has 2 aromatic rings. The quantitative estimate of drug-likeness (QED) is 0.847. The van der Waals surface area contributed by atoms with E-state index in [0.29, 0.717) is 12.2 Å². The molecule has 0 unspecified atom stereocenters. The van der Waals surface area contributed by atoms with Crippen molar-refractivity contribution in [3.8, 4) is 0 Å². The number of rotatable bonds is 5. The van der Waals surface area contributed by atoms with Crippen LogP contribution in [0, 0.1) is 0 Å². The van der Waals surface area contributed by atoms with Crippen LogP contribution >= 0.6 is 0 Å². The lowest BCUT2D eigenvalue weighted by atomic mass is 10.3. The summed E-state index contributed by atoms with van der Waals surface area (Å²) in [5.41, 5.74) is 0.714. The van der Waals surface area contributed by atoms with Gasteiger partial charge in [-0.25, -0.2) is 13.4 Å². The molecule has 114 valence electrons. The molecule has 0 saturated heterocycles. The van der Waals surface area contributed by atoms with Crippen molar-refractivity contribution < 1.29 is 17.2 Å². The van der Waals surface area contributed by atoms with Gasteiger partial charge in [0.25, 0.3) is 0 Å². The number of alkyl halides is 2. The second kappa shape index (κ2) is 5.80. The van der Waals surface area contributed by atoms with Gasteiger partial charge in [-0.05, 0) is 24.3 Å². The Morgan fingerprint density at radius 3 is 2.38 bits per heavy atom. The number of benzene rings is 1. The number of sulfone groups is 1. The van der Waals surface area contributed by atoms with Crippen molar-refractivity contribution in [3.05, 3.63) is 42.5 Å². The Morgan fingerprint density at radius 2 is 1.90 bits per heavy atom. The first-order valence-corrected chi connectivity index (χ1v) is 7.66. The molecule has 0 aliphatic rings. The van der Waals surface area contributed by atoms with Crippen LogP contribution in [0.2, 0.25) is 0 Å². The first-order valence-electron chi connectivity index (χ1n) is 6.12. The Hall–Kier alpha value is -1.96. The molecule has 1 heterocycles. The monoisotopic (exact) mass is 315 g/mol. The van der Waals surface area contributed by atoms with Gasteiger partial charge < -0.3 is 9.47 Å². The molecule has 1 aromatic heterocycles. The van der Waals surface area contributed by atoms with Crippen LogP contribution in [0.3, 0.4) is 0 Å². The molecule has 8 heteroatoms. The second-order valence-electron chi connectivity index (χ2n) is 4.61. The van der Waals surface area contributed by atoms with Crippen molar-refractivity contribution in [2.45, 2.75) is 17.2 Å². The average Bonchev–Trinajstić information content (AvgIpc) is 2.84. The van der Waals surface area contributed by atoms with Gasteiger partial charge in [-0.3, -0.25) is 0 Å². The van der Waals surface area contributed by atoms with Crippen molar-refractivity contribution >= 4 is 15.5 Å². The van der Waals surface area contributed by atoms with Crippen molar-refractivity contribution in [2.24, 2.45) is 7.05 Å². The Labute approximate surface area is 121 Å². The molecule has 21 heavy (non-hydrogen) atoms. The lowest BCUT2D eigenvalue weighted by molar-refractivity contribution is 0.234. The predicted octanol–water partition coefficient (Wildman–Crippen LogP) is 2.05. The third-order valence-electron chi connectivity index (χ3n) is 3.14. The topological polar surface area (TPSA) is 55.2 Å². The van der Waals surface area contributed by atoms with Crippen LogP contribution < -0.4 is 4.90 Å². The van der Waals surface area contributed by atoms with E-state index in [1.54, 1.807) is 6.20 Å². The van der Waals surface area contributed by atoms with Crippen LogP contribution in [0.4, 0.5) is 14.5 Å². The normalized spacial score (nSPS) is 11.9. The minimum Gasteiger partial charge on any atom is -0.367 e. The van der Waals surface area contributed by atoms with Crippen LogP contribution in [-0.2, 0) is 23.4 Å². The standard InChI is InChI=1S/C13H15F2N3O2S/c1-17-8-7-16-12(17)9-18(2)10-3-5-11(6-4-10)21(19,20)13(14)15/h3-8,13H,9H2,1-2H3. The molecular weight excluding hydrogens is 300 g/mol. The molecule has 0 radical (unpaired) electrons. The summed E-state index contributed by atoms with van der Waals surface area (Å²) < 4.78 is 49.4. The first kappa shape index (κ1) is 15.4. The zero-order valence-electron chi connectivity index (χ0n) is 11.6. The lowest BCUT2D eigenvalue weighted by Crippen LogP contribution is -2.19. The molecular formula is C13H15F2N3O2S. The molecule has 0 atom stereocenters. The van der Waals surface area contributed by atoms with Crippen molar-refractivity contribution in [1.82, 2.24) is 9.55 Å². The van der Waals surface area contributed by atoms with Gasteiger partial charge in [-0.1, -0.05) is 0 Å². The van der Waals surface area contributed by atoms with E-state index in [1.807, 2.05) is 29.8 Å². The van der Waals surface area contributed by atoms with Gasteiger partial charge in [0.15, 0.2) is 0 Å². The molecule has 0 spiro atoms. The van der Waals surface area contributed by atoms with E-state index < -0.39 is 15.6 Å². The lowest BCUT2D eigenvalue weighted by Gasteiger charge is -2.19. The number of aromatic nitrogens is 2. The van der Waals surface area contributed by atoms with Crippen LogP contribution in [0.5, 0.6) is 0 Å². The highest BCUT2D eigenvalue weighted by Gasteiger charge is 2.26. The molecule has 0 fully saturated rings. The summed E-state index contributed by atoms with van der Waals surface area (Å²) in [5.74, 6) is -2.57. The highest BCUT2D eigenvalue weighted by atomic mass is 32.2. The van der Waals surface area contributed by atoms with Gasteiger partial charge in [0.05, 0.1) is 11.4 Å². The number of anilines is 1. The number of nitrogens with zero attached hydrogens (tertiary/aromatic N) is 3. The van der Waals surface area contributed by atoms with E-state index in [1.165, 1.54) is 24.3 Å². The van der Waals surface area contributed by atoms with E-state index in [0.717, 1.165) is 5.82 Å². The van der Waals surface area contributed by atoms with Gasteiger partial charge in [0.1, 0.15) is 5.82 Å². The summed E-state index contributed by atoms with van der Waals surface area (Å²) in [6.07, 6.45) is 3.50. The van der Waals surface area contributed by atoms with Gasteiger partial charge in [0, 0.05) is 32.2 Å². The average molecular weight is 315 g/mol. The van der Waals surface area contributed by atoms with E-state index in [-0.39, 0.29) is 4.90 Å². The van der Waals surface area contributed by atoms with E-state index in [4.69, 9.17) is 0 Å². The number of imidazole rings is 1. The molecule has 0 amide bonds. The number of aryl methyl sites for hydroxylation is 1. The van der Waals surface area contributed by atoms with E-state index >= 15 is 0 Å². The highest BCUT2D eigenvalue weighted by Crippen LogP contribution is 2.22. The van der Waals surface area contributed by atoms with Gasteiger partial charge in [-0.2, -0.15) is 8.78 Å². The van der Waals surface area contributed by atoms with Crippen molar-refractivity contribution in [3.63, 3.8) is 0 Å². The second-order valence-corrected chi connectivity index (χ2v) is 6.53. The minimum atomic E-state index is -4.54. The third kappa shape index (κ3) is 3.21. The van der Waals surface area contributed by atoms with Crippen LogP contribution in [-0.4, -0.2) is 30.8 Å². The molecule has 5 nitrogen and oxygen atoms in total. The number of halogens is 2. The fourth-order valence-corrected chi connectivity index (χ4v) is 2.57. The highest BCUT2D eigenvalue weighted by molar-refractivity contribution is 7.91. The van der Waals surface area contributed by atoms with Crippen molar-refractivity contribution in [2.75, 3.05) is 11.9 Å². The maximum absolute atomic E-state index is 12.4. The summed E-state index contributed by atoms with van der Waals surface area (Å²) in [5, 5.41) is 0. The summed E-state index contributed by atoms with van der Waals surface area (Å²) in [6.45, 7) is 0.518. The maximum atomic E-state index is 12.4. The molecule has 0 N–H and O–H groups in total. The smallest absolute Gasteiger partial charge is 0.341 e. The summed E-state index contributed by atoms with van der Waals surface area (Å²) in [7, 11) is -0.864. The minimum absolute atomic E-state index is 0.383. The molecule has 0 saturated carbocycles. The molecule has 1 aromatic carbocycles. The molecule has 0 aliphatic carbocycles. The van der Waals surface area contributed by atoms with Gasteiger partial charge in [-0.15, -0.1) is 0 Å². The Kier molecular flexibility index (Phi) is 4.26. The zero-order chi connectivity index (χ0) is 15.6. The molecule has 0 aliphatic heterocycles. The van der Waals surface area contributed by atoms with Gasteiger partial charge in [0.2, 0.25) is 9.84 Å². The Bertz CT molecular complexity index is 711. The fourth-order valence-electron chi connectivity index (χ4n) is 1.85. The molecule has 2 rings (SSSR count). The predicted molar refractivity (Wildman–Crippen MR) is 74.9 cm³/mol. The van der Waals surface area contributed by atoms with Crippen LogP contribution in [0.15, 0.2) is 41.6 Å². The Morgan fingerprint density at radius 1 is 1.29 bits per heavy atom. The number of hydrogen-bond donors (Lipinski definition) is 0. The summed E-state index contributed by atoms with van der Waals surface area (Å²) >= 11 is 0. The summed E-state index contributed by atoms with van der Waals surface area (Å²) in [6, 6.07) is 5.37. The van der Waals surface area contributed by atoms with E-state index in [9.17, 15) is 17.2 Å². The SMILES string of the molecule is CN(Cc1nccn1C)c1ccc(S(=O)(=O)C(F)F)cc1. The first-order chi connectivity index (χ1) is 9.82. The molecule has 0 bridgehead atoms. The van der Waals surface area contributed by atoms with Crippen molar-refractivity contribution in [1.29, 1.82) is 0 Å². The Balaban J connectivity index is 2.17. The fraction of sp³-hybridized carbons (Fsp3) is 0.308. The third-order valence-corrected chi connectivity index (χ3v) is 4.54. The van der Waals surface area contributed by atoms with Crippen LogP contribution in [0.1, 0.15) is 5.82 Å². The zero-order valence-corrected chi connectivity index (χ0v) is 12.4. The van der Waals surface area contributed by atoms with Gasteiger partial charge >= 0.3 is 5.76 Å². The maximum Gasteiger partial charge on any atom is 0.341 e. The summed E-state index contributed by atoms with van der Waals surface area (Å²) in [4.78, 5) is 5.65. The van der Waals surface area contributed by atoms with E-state index in [2.05, 4.69) is 4.98 Å². The largest absolute Gasteiger partial charge is 0.367 e. The number of hydrogen-bond acceptors (Lipinski definition) is 4. The van der Waals surface area contributed by atoms with Crippen LogP contribution in [0.25, 0.3) is 0 Å².